The number of carbonyl (C=O) groups is 3. The average Bonchev–Trinajstić information content (AvgIpc) is 3.71. The number of tetrazole rings is 1. The van der Waals surface area contributed by atoms with E-state index in [0.29, 0.717) is 52.1 Å². The Kier molecular flexibility index (Phi) is 10.1. The molecule has 0 saturated carbocycles. The van der Waals surface area contributed by atoms with Crippen molar-refractivity contribution < 1.29 is 19.1 Å². The number of hydrogen-bond donors (Lipinski definition) is 3. The predicted octanol–water partition coefficient (Wildman–Crippen LogP) is 3.57. The van der Waals surface area contributed by atoms with E-state index in [1.54, 1.807) is 53.4 Å². The number of nitrogens with zero attached hydrogens (tertiary/aromatic N) is 7. The van der Waals surface area contributed by atoms with Crippen molar-refractivity contribution >= 4 is 52.9 Å². The van der Waals surface area contributed by atoms with Crippen LogP contribution in [0.4, 0.5) is 10.5 Å². The van der Waals surface area contributed by atoms with Crippen molar-refractivity contribution in [1.29, 1.82) is 0 Å². The molecule has 2 aromatic heterocycles. The van der Waals surface area contributed by atoms with Crippen LogP contribution in [0.5, 0.6) is 0 Å². The number of amides is 3. The largest absolute Gasteiger partial charge is 0.453 e. The van der Waals surface area contributed by atoms with Gasteiger partial charge in [-0.15, -0.1) is 5.10 Å². The van der Waals surface area contributed by atoms with E-state index in [1.807, 2.05) is 7.05 Å². The van der Waals surface area contributed by atoms with Crippen LogP contribution in [0.15, 0.2) is 54.9 Å². The number of carbonyl (C=O) groups excluding carboxylic acids is 3. The van der Waals surface area contributed by atoms with Crippen LogP contribution in [-0.4, -0.2) is 98.2 Å². The first-order valence-electron chi connectivity index (χ1n) is 13.9. The standard InChI is InChI=1S/C29H30Cl2N10O4/c1-39-11-13-40(14-12-39)25(43)16-22(28-35-26(27(31)36-28)18-3-7-21(8-4-18)33-29(44)45-2)34-24(42)10-5-19-15-20(30)6-9-23(19)41-17-32-37-38-41/h3-10,15,17,22H,11-14,16H2,1-2H3,(H,33,44)(H,34,42)(H,35,36)/t22-/m0/s1. The number of likely N-dealkylation sites (N-methyl/N-ethyl adjacent to an activating group) is 1. The minimum atomic E-state index is -0.820. The smallest absolute Gasteiger partial charge is 0.411 e. The van der Waals surface area contributed by atoms with Crippen molar-refractivity contribution in [2.75, 3.05) is 45.7 Å². The number of halogens is 2. The average molecular weight is 654 g/mol. The number of aromatic nitrogens is 6. The molecule has 3 N–H and O–H groups in total. The second-order valence-electron chi connectivity index (χ2n) is 10.2. The molecule has 2 aromatic carbocycles. The minimum absolute atomic E-state index is 0.0401. The first kappa shape index (κ1) is 31.6. The number of anilines is 1. The fraction of sp³-hybridized carbons (Fsp3) is 0.276. The van der Waals surface area contributed by atoms with Crippen LogP contribution in [0.25, 0.3) is 23.0 Å². The number of methoxy groups -OCH3 is 1. The molecule has 1 fully saturated rings. The number of H-pyrrole nitrogens is 1. The van der Waals surface area contributed by atoms with Gasteiger partial charge in [-0.05, 0) is 53.9 Å². The van der Waals surface area contributed by atoms with Gasteiger partial charge in [0.2, 0.25) is 11.8 Å². The van der Waals surface area contributed by atoms with Crippen LogP contribution in [0.3, 0.4) is 0 Å². The maximum atomic E-state index is 13.4. The van der Waals surface area contributed by atoms with E-state index in [2.05, 4.69) is 45.8 Å². The number of piperazine rings is 1. The summed E-state index contributed by atoms with van der Waals surface area (Å²) in [5, 5.41) is 17.4. The number of imidazole rings is 1. The monoisotopic (exact) mass is 652 g/mol. The summed E-state index contributed by atoms with van der Waals surface area (Å²) in [7, 11) is 3.28. The summed E-state index contributed by atoms with van der Waals surface area (Å²) in [4.78, 5) is 49.8. The number of aromatic amines is 1. The van der Waals surface area contributed by atoms with Crippen LogP contribution in [0.1, 0.15) is 23.9 Å². The normalized spacial score (nSPS) is 14.4. The zero-order valence-corrected chi connectivity index (χ0v) is 25.9. The van der Waals surface area contributed by atoms with Crippen molar-refractivity contribution in [3.05, 3.63) is 76.4 Å². The number of ether oxygens (including phenoxy) is 1. The van der Waals surface area contributed by atoms with Crippen LogP contribution >= 0.6 is 23.2 Å². The summed E-state index contributed by atoms with van der Waals surface area (Å²) in [6, 6.07) is 11.1. The van der Waals surface area contributed by atoms with Gasteiger partial charge in [0, 0.05) is 54.1 Å². The lowest BCUT2D eigenvalue weighted by molar-refractivity contribution is -0.133. The lowest BCUT2D eigenvalue weighted by atomic mass is 10.1. The Bertz CT molecular complexity index is 1680. The third-order valence-corrected chi connectivity index (χ3v) is 7.66. The van der Waals surface area contributed by atoms with E-state index >= 15 is 0 Å². The molecule has 0 aliphatic carbocycles. The molecule has 45 heavy (non-hydrogen) atoms. The van der Waals surface area contributed by atoms with Gasteiger partial charge in [0.1, 0.15) is 23.0 Å². The van der Waals surface area contributed by atoms with E-state index in [4.69, 9.17) is 23.2 Å². The summed E-state index contributed by atoms with van der Waals surface area (Å²) < 4.78 is 6.08. The van der Waals surface area contributed by atoms with Gasteiger partial charge < -0.3 is 24.8 Å². The fourth-order valence-corrected chi connectivity index (χ4v) is 5.13. The van der Waals surface area contributed by atoms with Crippen molar-refractivity contribution in [2.45, 2.75) is 12.5 Å². The Morgan fingerprint density at radius 3 is 2.53 bits per heavy atom. The van der Waals surface area contributed by atoms with Crippen LogP contribution in [-0.2, 0) is 14.3 Å². The molecule has 1 aliphatic heterocycles. The Balaban J connectivity index is 1.38. The molecule has 0 spiro atoms. The van der Waals surface area contributed by atoms with Gasteiger partial charge in [-0.3, -0.25) is 14.9 Å². The maximum Gasteiger partial charge on any atom is 0.411 e. The number of benzene rings is 2. The molecule has 14 nitrogen and oxygen atoms in total. The highest BCUT2D eigenvalue weighted by molar-refractivity contribution is 6.32. The zero-order valence-electron chi connectivity index (χ0n) is 24.4. The topological polar surface area (TPSA) is 163 Å². The lowest BCUT2D eigenvalue weighted by Gasteiger charge is -2.33. The highest BCUT2D eigenvalue weighted by Crippen LogP contribution is 2.30. The molecule has 1 aliphatic rings. The van der Waals surface area contributed by atoms with E-state index < -0.39 is 18.0 Å². The van der Waals surface area contributed by atoms with Gasteiger partial charge in [-0.25, -0.2) is 9.78 Å². The number of hydrogen-bond acceptors (Lipinski definition) is 9. The molecule has 1 atom stereocenters. The third kappa shape index (κ3) is 8.03. The molecule has 0 bridgehead atoms. The summed E-state index contributed by atoms with van der Waals surface area (Å²) in [5.74, 6) is -0.283. The van der Waals surface area contributed by atoms with E-state index in [-0.39, 0.29) is 17.5 Å². The molecular formula is C29H30Cl2N10O4. The van der Waals surface area contributed by atoms with Gasteiger partial charge in [-0.1, -0.05) is 35.3 Å². The molecule has 3 heterocycles. The Morgan fingerprint density at radius 2 is 1.84 bits per heavy atom. The first-order valence-corrected chi connectivity index (χ1v) is 14.6. The summed E-state index contributed by atoms with van der Waals surface area (Å²) >= 11 is 12.8. The second-order valence-corrected chi connectivity index (χ2v) is 11.0. The zero-order chi connectivity index (χ0) is 31.9. The molecule has 5 rings (SSSR count). The summed E-state index contributed by atoms with van der Waals surface area (Å²) in [6.07, 6.45) is 3.72. The summed E-state index contributed by atoms with van der Waals surface area (Å²) in [6.45, 7) is 2.68. The Labute approximate surface area is 268 Å². The quantitative estimate of drug-likeness (QED) is 0.229. The molecule has 0 unspecified atom stereocenters. The predicted molar refractivity (Wildman–Crippen MR) is 168 cm³/mol. The molecule has 3 amide bonds. The van der Waals surface area contributed by atoms with Crippen molar-refractivity contribution in [3.8, 4) is 16.9 Å². The van der Waals surface area contributed by atoms with Gasteiger partial charge in [0.05, 0.1) is 25.3 Å². The van der Waals surface area contributed by atoms with Gasteiger partial charge in [0.25, 0.3) is 0 Å². The van der Waals surface area contributed by atoms with Gasteiger partial charge in [0.15, 0.2) is 0 Å². The Hall–Kier alpha value is -4.79. The Morgan fingerprint density at radius 1 is 1.09 bits per heavy atom. The molecule has 4 aromatic rings. The molecule has 16 heteroatoms. The van der Waals surface area contributed by atoms with Gasteiger partial charge in [-0.2, -0.15) is 4.68 Å². The second kappa shape index (κ2) is 14.3. The summed E-state index contributed by atoms with van der Waals surface area (Å²) in [5.41, 5.74) is 2.82. The first-order chi connectivity index (χ1) is 21.7. The SMILES string of the molecule is COC(=O)Nc1ccc(-c2nc([C@H](CC(=O)N3CCN(C)CC3)NC(=O)C=Cc3cc(Cl)ccc3-n3cnnn3)[nH]c2Cl)cc1. The molecule has 1 saturated heterocycles. The van der Waals surface area contributed by atoms with Gasteiger partial charge >= 0.3 is 6.09 Å². The van der Waals surface area contributed by atoms with Crippen LogP contribution in [0, 0.1) is 0 Å². The minimum Gasteiger partial charge on any atom is -0.453 e. The maximum absolute atomic E-state index is 13.4. The number of rotatable bonds is 9. The third-order valence-electron chi connectivity index (χ3n) is 7.15. The molecule has 0 radical (unpaired) electrons. The lowest BCUT2D eigenvalue weighted by Crippen LogP contribution is -2.48. The molecular weight excluding hydrogens is 623 g/mol. The van der Waals surface area contributed by atoms with Crippen molar-refractivity contribution in [1.82, 2.24) is 45.3 Å². The fourth-order valence-electron chi connectivity index (χ4n) is 4.71. The van der Waals surface area contributed by atoms with E-state index in [1.165, 1.54) is 24.2 Å². The van der Waals surface area contributed by atoms with E-state index in [0.717, 1.165) is 13.1 Å². The molecule has 234 valence electrons. The van der Waals surface area contributed by atoms with E-state index in [9.17, 15) is 14.4 Å². The van der Waals surface area contributed by atoms with Crippen molar-refractivity contribution in [2.24, 2.45) is 0 Å². The van der Waals surface area contributed by atoms with Crippen LogP contribution in [0.2, 0.25) is 10.2 Å². The number of nitrogens with one attached hydrogen (secondary N) is 3. The highest BCUT2D eigenvalue weighted by Gasteiger charge is 2.27. The highest BCUT2D eigenvalue weighted by atomic mass is 35.5. The van der Waals surface area contributed by atoms with Crippen LogP contribution < -0.4 is 10.6 Å². The van der Waals surface area contributed by atoms with Crippen molar-refractivity contribution in [3.63, 3.8) is 0 Å².